The van der Waals surface area contributed by atoms with Crippen LogP contribution in [0.2, 0.25) is 0 Å². The maximum Gasteiger partial charge on any atom is 0.227 e. The van der Waals surface area contributed by atoms with E-state index >= 15 is 0 Å². The number of piperazine rings is 1. The second kappa shape index (κ2) is 9.29. The Bertz CT molecular complexity index is 1240. The Morgan fingerprint density at radius 1 is 1.26 bits per heavy atom. The minimum Gasteiger partial charge on any atom is -0.370 e. The molecule has 0 spiro atoms. The Morgan fingerprint density at radius 2 is 2.15 bits per heavy atom. The fourth-order valence-electron chi connectivity index (χ4n) is 4.75. The standard InChI is InChI=1S/C24H24FN7O2/c1-16-20(5-6-22(25)21(16)11-26)23-13-30-7-8-31(12-19(30)14-34-23)24(33)10-17-3-2-4-18(9-17)32-15-27-28-29-32/h2-6,9,15,19,23H,7-8,10,12-14H2,1H3. The molecule has 2 fully saturated rings. The third-order valence-electron chi connectivity index (χ3n) is 6.64. The molecular weight excluding hydrogens is 437 g/mol. The topological polar surface area (TPSA) is 100 Å². The van der Waals surface area contributed by atoms with Gasteiger partial charge in [-0.2, -0.15) is 5.26 Å². The summed E-state index contributed by atoms with van der Waals surface area (Å²) in [5, 5.41) is 20.5. The molecule has 2 atom stereocenters. The number of fused-ring (bicyclic) bond motifs is 1. The number of hydrogen-bond donors (Lipinski definition) is 0. The van der Waals surface area contributed by atoms with E-state index in [0.29, 0.717) is 38.2 Å². The van der Waals surface area contributed by atoms with E-state index in [1.807, 2.05) is 35.2 Å². The van der Waals surface area contributed by atoms with E-state index in [9.17, 15) is 14.4 Å². The molecule has 10 heteroatoms. The summed E-state index contributed by atoms with van der Waals surface area (Å²) >= 11 is 0. The Hall–Kier alpha value is -3.68. The summed E-state index contributed by atoms with van der Waals surface area (Å²) < 4.78 is 21.6. The van der Waals surface area contributed by atoms with Gasteiger partial charge in [0.05, 0.1) is 36.4 Å². The van der Waals surface area contributed by atoms with Crippen LogP contribution in [0, 0.1) is 24.1 Å². The number of amides is 1. The number of aromatic nitrogens is 4. The van der Waals surface area contributed by atoms with Crippen LogP contribution in [0.3, 0.4) is 0 Å². The maximum absolute atomic E-state index is 13.9. The Kier molecular flexibility index (Phi) is 6.04. The van der Waals surface area contributed by atoms with Gasteiger partial charge in [0.1, 0.15) is 18.2 Å². The first-order valence-electron chi connectivity index (χ1n) is 11.2. The van der Waals surface area contributed by atoms with Gasteiger partial charge in [0, 0.05) is 26.2 Å². The second-order valence-corrected chi connectivity index (χ2v) is 8.66. The van der Waals surface area contributed by atoms with Gasteiger partial charge in [0.2, 0.25) is 5.91 Å². The number of hydrogen-bond acceptors (Lipinski definition) is 7. The van der Waals surface area contributed by atoms with Crippen molar-refractivity contribution in [2.45, 2.75) is 25.5 Å². The van der Waals surface area contributed by atoms with Gasteiger partial charge in [0.25, 0.3) is 0 Å². The zero-order valence-electron chi connectivity index (χ0n) is 18.8. The number of morpholine rings is 1. The first-order valence-corrected chi connectivity index (χ1v) is 11.2. The number of carbonyl (C=O) groups excluding carboxylic acids is 1. The Morgan fingerprint density at radius 3 is 2.94 bits per heavy atom. The number of nitrogens with zero attached hydrogens (tertiary/aromatic N) is 7. The van der Waals surface area contributed by atoms with Gasteiger partial charge in [-0.1, -0.05) is 18.2 Å². The molecule has 2 unspecified atom stereocenters. The lowest BCUT2D eigenvalue weighted by atomic mass is 9.96. The number of rotatable bonds is 4. The number of tetrazole rings is 1. The van der Waals surface area contributed by atoms with Crippen molar-refractivity contribution in [1.29, 1.82) is 5.26 Å². The summed E-state index contributed by atoms with van der Waals surface area (Å²) in [7, 11) is 0. The van der Waals surface area contributed by atoms with E-state index in [1.54, 1.807) is 17.7 Å². The van der Waals surface area contributed by atoms with Gasteiger partial charge in [-0.15, -0.1) is 5.10 Å². The molecule has 0 saturated carbocycles. The van der Waals surface area contributed by atoms with Crippen LogP contribution in [0.25, 0.3) is 5.69 Å². The van der Waals surface area contributed by atoms with Crippen molar-refractivity contribution in [2.24, 2.45) is 0 Å². The molecule has 2 aliphatic rings. The fraction of sp³-hybridized carbons (Fsp3) is 0.375. The first kappa shape index (κ1) is 22.1. The third kappa shape index (κ3) is 4.27. The van der Waals surface area contributed by atoms with E-state index in [0.717, 1.165) is 23.4 Å². The van der Waals surface area contributed by atoms with E-state index in [1.165, 1.54) is 12.4 Å². The number of ether oxygens (including phenoxy) is 1. The zero-order valence-corrected chi connectivity index (χ0v) is 18.8. The van der Waals surface area contributed by atoms with Crippen molar-refractivity contribution in [1.82, 2.24) is 30.0 Å². The molecule has 0 radical (unpaired) electrons. The lowest BCUT2D eigenvalue weighted by Crippen LogP contribution is -2.59. The highest BCUT2D eigenvalue weighted by molar-refractivity contribution is 5.79. The summed E-state index contributed by atoms with van der Waals surface area (Å²) in [5.41, 5.74) is 3.26. The van der Waals surface area contributed by atoms with Crippen molar-refractivity contribution in [3.05, 3.63) is 70.8 Å². The molecule has 3 aromatic rings. The summed E-state index contributed by atoms with van der Waals surface area (Å²) in [6.45, 7) is 4.87. The van der Waals surface area contributed by atoms with Crippen molar-refractivity contribution < 1.29 is 13.9 Å². The summed E-state index contributed by atoms with van der Waals surface area (Å²) in [4.78, 5) is 17.2. The molecular formula is C24H24FN7O2. The average molecular weight is 462 g/mol. The van der Waals surface area contributed by atoms with Crippen LogP contribution < -0.4 is 0 Å². The fourth-order valence-corrected chi connectivity index (χ4v) is 4.75. The number of halogens is 1. The van der Waals surface area contributed by atoms with Crippen molar-refractivity contribution in [3.63, 3.8) is 0 Å². The lowest BCUT2D eigenvalue weighted by molar-refractivity contribution is -0.139. The third-order valence-corrected chi connectivity index (χ3v) is 6.64. The molecule has 5 rings (SSSR count). The Balaban J connectivity index is 1.22. The van der Waals surface area contributed by atoms with Crippen LogP contribution in [0.5, 0.6) is 0 Å². The molecule has 0 N–H and O–H groups in total. The highest BCUT2D eigenvalue weighted by Gasteiger charge is 2.36. The smallest absolute Gasteiger partial charge is 0.227 e. The van der Waals surface area contributed by atoms with Gasteiger partial charge in [-0.3, -0.25) is 9.69 Å². The van der Waals surface area contributed by atoms with Gasteiger partial charge in [-0.05, 0) is 52.2 Å². The van der Waals surface area contributed by atoms with E-state index in [2.05, 4.69) is 20.4 Å². The Labute approximate surface area is 196 Å². The van der Waals surface area contributed by atoms with Crippen LogP contribution in [0.4, 0.5) is 4.39 Å². The molecule has 2 saturated heterocycles. The largest absolute Gasteiger partial charge is 0.370 e. The highest BCUT2D eigenvalue weighted by Crippen LogP contribution is 2.31. The van der Waals surface area contributed by atoms with Gasteiger partial charge >= 0.3 is 0 Å². The zero-order chi connectivity index (χ0) is 23.7. The van der Waals surface area contributed by atoms with Gasteiger partial charge in [0.15, 0.2) is 0 Å². The molecule has 0 bridgehead atoms. The van der Waals surface area contributed by atoms with Crippen molar-refractivity contribution in [2.75, 3.05) is 32.8 Å². The predicted octanol–water partition coefficient (Wildman–Crippen LogP) is 1.81. The van der Waals surface area contributed by atoms with Crippen LogP contribution in [-0.4, -0.2) is 74.7 Å². The quantitative estimate of drug-likeness (QED) is 0.584. The summed E-state index contributed by atoms with van der Waals surface area (Å²) in [6.07, 6.45) is 1.60. The lowest BCUT2D eigenvalue weighted by Gasteiger charge is -2.46. The molecule has 0 aliphatic carbocycles. The molecule has 34 heavy (non-hydrogen) atoms. The minimum atomic E-state index is -0.506. The number of nitriles is 1. The molecule has 174 valence electrons. The van der Waals surface area contributed by atoms with Crippen LogP contribution >= 0.6 is 0 Å². The number of benzene rings is 2. The molecule has 1 amide bonds. The maximum atomic E-state index is 13.9. The monoisotopic (exact) mass is 461 g/mol. The highest BCUT2D eigenvalue weighted by atomic mass is 19.1. The average Bonchev–Trinajstić information content (AvgIpc) is 3.39. The molecule has 2 aliphatic heterocycles. The van der Waals surface area contributed by atoms with Gasteiger partial charge in [-0.25, -0.2) is 9.07 Å². The second-order valence-electron chi connectivity index (χ2n) is 8.66. The van der Waals surface area contributed by atoms with E-state index < -0.39 is 5.82 Å². The van der Waals surface area contributed by atoms with E-state index in [-0.39, 0.29) is 23.6 Å². The first-order chi connectivity index (χ1) is 16.5. The SMILES string of the molecule is Cc1c(C2CN3CCN(C(=O)Cc4cccc(-n5cnnn5)c4)CC3CO2)ccc(F)c1C#N. The van der Waals surface area contributed by atoms with Crippen LogP contribution in [0.1, 0.15) is 28.4 Å². The molecule has 9 nitrogen and oxygen atoms in total. The molecule has 1 aromatic heterocycles. The van der Waals surface area contributed by atoms with E-state index in [4.69, 9.17) is 4.74 Å². The molecule has 3 heterocycles. The van der Waals surface area contributed by atoms with Crippen molar-refractivity contribution in [3.8, 4) is 11.8 Å². The minimum absolute atomic E-state index is 0.0720. The van der Waals surface area contributed by atoms with Crippen molar-refractivity contribution >= 4 is 5.91 Å². The normalized spacial score (nSPS) is 20.6. The van der Waals surface area contributed by atoms with Crippen LogP contribution in [0.15, 0.2) is 42.7 Å². The summed E-state index contributed by atoms with van der Waals surface area (Å²) in [5.74, 6) is -0.434. The number of carbonyl (C=O) groups is 1. The summed E-state index contributed by atoms with van der Waals surface area (Å²) in [6, 6.07) is 12.7. The van der Waals surface area contributed by atoms with Gasteiger partial charge < -0.3 is 9.64 Å². The molecule has 2 aromatic carbocycles. The van der Waals surface area contributed by atoms with Crippen LogP contribution in [-0.2, 0) is 16.0 Å². The predicted molar refractivity (Wildman–Crippen MR) is 119 cm³/mol.